The average molecular weight is 230 g/mol. The van der Waals surface area contributed by atoms with Crippen LogP contribution >= 0.6 is 0 Å². The number of hydrogen-bond acceptors (Lipinski definition) is 2. The lowest BCUT2D eigenvalue weighted by Crippen LogP contribution is -2.35. The van der Waals surface area contributed by atoms with E-state index in [0.29, 0.717) is 18.5 Å². The number of amides is 1. The summed E-state index contributed by atoms with van der Waals surface area (Å²) in [5.74, 6) is 0.929. The highest BCUT2D eigenvalue weighted by Gasteiger charge is 2.34. The Morgan fingerprint density at radius 2 is 2.00 bits per heavy atom. The summed E-state index contributed by atoms with van der Waals surface area (Å²) in [6.07, 6.45) is 3.23. The molecule has 1 aliphatic heterocycles. The van der Waals surface area contributed by atoms with Gasteiger partial charge < -0.3 is 10.6 Å². The molecule has 3 heteroatoms. The molecule has 2 aliphatic rings. The zero-order chi connectivity index (χ0) is 11.7. The highest BCUT2D eigenvalue weighted by Crippen LogP contribution is 2.41. The second kappa shape index (κ2) is 4.49. The molecule has 0 radical (unpaired) electrons. The standard InChI is InChI=1S/C14H18N2O/c17-13-8-12(9-15-13)16-14(11-6-7-11)10-4-2-1-3-5-10/h1-5,11-12,14,16H,6-9H2,(H,15,17). The Morgan fingerprint density at radius 3 is 2.59 bits per heavy atom. The molecular weight excluding hydrogens is 212 g/mol. The Kier molecular flexibility index (Phi) is 2.85. The minimum absolute atomic E-state index is 0.171. The third-order valence-corrected chi connectivity index (χ3v) is 3.64. The van der Waals surface area contributed by atoms with E-state index >= 15 is 0 Å². The normalized spacial score (nSPS) is 25.6. The summed E-state index contributed by atoms with van der Waals surface area (Å²) in [6.45, 7) is 0.773. The van der Waals surface area contributed by atoms with E-state index in [1.54, 1.807) is 0 Å². The summed E-state index contributed by atoms with van der Waals surface area (Å²) >= 11 is 0. The van der Waals surface area contributed by atoms with Gasteiger partial charge in [0.2, 0.25) is 5.91 Å². The van der Waals surface area contributed by atoms with Gasteiger partial charge in [0, 0.05) is 25.0 Å². The number of nitrogens with one attached hydrogen (secondary N) is 2. The highest BCUT2D eigenvalue weighted by atomic mass is 16.1. The van der Waals surface area contributed by atoms with Gasteiger partial charge >= 0.3 is 0 Å². The lowest BCUT2D eigenvalue weighted by atomic mass is 10.0. The first kappa shape index (κ1) is 10.8. The van der Waals surface area contributed by atoms with Gasteiger partial charge in [-0.3, -0.25) is 4.79 Å². The Hall–Kier alpha value is -1.35. The molecule has 0 aromatic heterocycles. The fourth-order valence-corrected chi connectivity index (χ4v) is 2.57. The highest BCUT2D eigenvalue weighted by molar-refractivity contribution is 5.78. The van der Waals surface area contributed by atoms with Gasteiger partial charge in [-0.15, -0.1) is 0 Å². The maximum atomic E-state index is 11.2. The monoisotopic (exact) mass is 230 g/mol. The number of carbonyl (C=O) groups excluding carboxylic acids is 1. The molecule has 1 amide bonds. The summed E-state index contributed by atoms with van der Waals surface area (Å²) < 4.78 is 0. The van der Waals surface area contributed by atoms with Crippen molar-refractivity contribution >= 4 is 5.91 Å². The van der Waals surface area contributed by atoms with Crippen molar-refractivity contribution in [2.45, 2.75) is 31.3 Å². The van der Waals surface area contributed by atoms with Gasteiger partial charge in [0.25, 0.3) is 0 Å². The predicted octanol–water partition coefficient (Wildman–Crippen LogP) is 1.62. The molecular formula is C14H18N2O. The third kappa shape index (κ3) is 2.50. The minimum atomic E-state index is 0.171. The van der Waals surface area contributed by atoms with Crippen molar-refractivity contribution in [1.29, 1.82) is 0 Å². The van der Waals surface area contributed by atoms with E-state index in [-0.39, 0.29) is 5.91 Å². The molecule has 90 valence electrons. The number of benzene rings is 1. The lowest BCUT2D eigenvalue weighted by molar-refractivity contribution is -0.119. The molecule has 2 atom stereocenters. The summed E-state index contributed by atoms with van der Waals surface area (Å²) in [5, 5.41) is 6.53. The SMILES string of the molecule is O=C1CC(NC(c2ccccc2)C2CC2)CN1. The van der Waals surface area contributed by atoms with E-state index in [4.69, 9.17) is 0 Å². The van der Waals surface area contributed by atoms with Crippen molar-refractivity contribution in [2.75, 3.05) is 6.54 Å². The van der Waals surface area contributed by atoms with Crippen LogP contribution in [0.2, 0.25) is 0 Å². The van der Waals surface area contributed by atoms with Crippen LogP contribution in [0.3, 0.4) is 0 Å². The van der Waals surface area contributed by atoms with E-state index in [9.17, 15) is 4.79 Å². The van der Waals surface area contributed by atoms with Crippen LogP contribution in [0.25, 0.3) is 0 Å². The quantitative estimate of drug-likeness (QED) is 0.825. The van der Waals surface area contributed by atoms with Crippen molar-refractivity contribution < 1.29 is 4.79 Å². The second-order valence-corrected chi connectivity index (χ2v) is 5.10. The van der Waals surface area contributed by atoms with Crippen molar-refractivity contribution in [3.63, 3.8) is 0 Å². The van der Waals surface area contributed by atoms with Gasteiger partial charge in [-0.1, -0.05) is 30.3 Å². The van der Waals surface area contributed by atoms with Gasteiger partial charge in [-0.25, -0.2) is 0 Å². The van der Waals surface area contributed by atoms with Crippen molar-refractivity contribution in [3.8, 4) is 0 Å². The zero-order valence-corrected chi connectivity index (χ0v) is 9.86. The van der Waals surface area contributed by atoms with Crippen LogP contribution in [0.15, 0.2) is 30.3 Å². The van der Waals surface area contributed by atoms with Crippen LogP contribution < -0.4 is 10.6 Å². The topological polar surface area (TPSA) is 41.1 Å². The molecule has 1 saturated heterocycles. The van der Waals surface area contributed by atoms with Gasteiger partial charge in [0.15, 0.2) is 0 Å². The Labute approximate surface area is 102 Å². The number of hydrogen-bond donors (Lipinski definition) is 2. The molecule has 0 bridgehead atoms. The molecule has 2 unspecified atom stereocenters. The molecule has 17 heavy (non-hydrogen) atoms. The fourth-order valence-electron chi connectivity index (χ4n) is 2.57. The maximum Gasteiger partial charge on any atom is 0.221 e. The minimum Gasteiger partial charge on any atom is -0.354 e. The van der Waals surface area contributed by atoms with Crippen molar-refractivity contribution in [1.82, 2.24) is 10.6 Å². The number of carbonyl (C=O) groups is 1. The van der Waals surface area contributed by atoms with E-state index in [1.165, 1.54) is 18.4 Å². The molecule has 3 nitrogen and oxygen atoms in total. The summed E-state index contributed by atoms with van der Waals surface area (Å²) in [6, 6.07) is 11.3. The first-order chi connectivity index (χ1) is 8.33. The number of rotatable bonds is 4. The molecule has 1 aromatic carbocycles. The van der Waals surface area contributed by atoms with Crippen molar-refractivity contribution in [3.05, 3.63) is 35.9 Å². The van der Waals surface area contributed by atoms with Crippen LogP contribution in [0.1, 0.15) is 30.9 Å². The molecule has 2 fully saturated rings. The second-order valence-electron chi connectivity index (χ2n) is 5.10. The largest absolute Gasteiger partial charge is 0.354 e. The van der Waals surface area contributed by atoms with Crippen LogP contribution in [0, 0.1) is 5.92 Å². The van der Waals surface area contributed by atoms with E-state index < -0.39 is 0 Å². The molecule has 1 aromatic rings. The van der Waals surface area contributed by atoms with Crippen LogP contribution in [0.5, 0.6) is 0 Å². The van der Waals surface area contributed by atoms with E-state index in [0.717, 1.165) is 12.5 Å². The Balaban J connectivity index is 1.70. The molecule has 2 N–H and O–H groups in total. The Bertz CT molecular complexity index is 400. The Morgan fingerprint density at radius 1 is 1.24 bits per heavy atom. The van der Waals surface area contributed by atoms with Gasteiger partial charge in [-0.05, 0) is 24.3 Å². The average Bonchev–Trinajstić information content (AvgIpc) is 3.11. The summed E-state index contributed by atoms with van der Waals surface area (Å²) in [4.78, 5) is 11.2. The van der Waals surface area contributed by atoms with Gasteiger partial charge in [-0.2, -0.15) is 0 Å². The van der Waals surface area contributed by atoms with Crippen LogP contribution in [0.4, 0.5) is 0 Å². The van der Waals surface area contributed by atoms with Crippen LogP contribution in [-0.2, 0) is 4.79 Å². The summed E-state index contributed by atoms with van der Waals surface area (Å²) in [7, 11) is 0. The van der Waals surface area contributed by atoms with Gasteiger partial charge in [0.05, 0.1) is 0 Å². The fraction of sp³-hybridized carbons (Fsp3) is 0.500. The van der Waals surface area contributed by atoms with Gasteiger partial charge in [0.1, 0.15) is 0 Å². The predicted molar refractivity (Wildman–Crippen MR) is 66.5 cm³/mol. The zero-order valence-electron chi connectivity index (χ0n) is 9.86. The smallest absolute Gasteiger partial charge is 0.221 e. The van der Waals surface area contributed by atoms with E-state index in [2.05, 4.69) is 34.9 Å². The molecule has 1 saturated carbocycles. The lowest BCUT2D eigenvalue weighted by Gasteiger charge is -2.22. The summed E-state index contributed by atoms with van der Waals surface area (Å²) in [5.41, 5.74) is 1.36. The first-order valence-corrected chi connectivity index (χ1v) is 6.40. The van der Waals surface area contributed by atoms with Crippen molar-refractivity contribution in [2.24, 2.45) is 5.92 Å². The molecule has 3 rings (SSSR count). The maximum absolute atomic E-state index is 11.2. The van der Waals surface area contributed by atoms with Crippen LogP contribution in [-0.4, -0.2) is 18.5 Å². The first-order valence-electron chi connectivity index (χ1n) is 6.40. The molecule has 0 spiro atoms. The molecule has 1 aliphatic carbocycles. The molecule has 1 heterocycles. The third-order valence-electron chi connectivity index (χ3n) is 3.64. The van der Waals surface area contributed by atoms with E-state index in [1.807, 2.05) is 6.07 Å².